The van der Waals surface area contributed by atoms with E-state index in [0.29, 0.717) is 12.8 Å². The van der Waals surface area contributed by atoms with E-state index < -0.39 is 12.1 Å². The summed E-state index contributed by atoms with van der Waals surface area (Å²) in [5.74, 6) is -0.718. The standard InChI is InChI=1S/C9H14ClNO4/c1-14-8(12)6-3-4-7(9(13)15-2)11(6)5-10/h6-7H,3-5H2,1-2H3/t6-,7-/m1/s1. The summed E-state index contributed by atoms with van der Waals surface area (Å²) in [5.41, 5.74) is 0. The van der Waals surface area contributed by atoms with E-state index in [1.165, 1.54) is 14.2 Å². The van der Waals surface area contributed by atoms with Crippen molar-refractivity contribution in [3.63, 3.8) is 0 Å². The van der Waals surface area contributed by atoms with Gasteiger partial charge in [0.05, 0.1) is 20.2 Å². The van der Waals surface area contributed by atoms with Crippen LogP contribution in [0, 0.1) is 0 Å². The van der Waals surface area contributed by atoms with E-state index in [4.69, 9.17) is 11.6 Å². The highest BCUT2D eigenvalue weighted by Crippen LogP contribution is 2.26. The molecular weight excluding hydrogens is 222 g/mol. The first-order valence-corrected chi connectivity index (χ1v) is 5.16. The number of esters is 2. The van der Waals surface area contributed by atoms with Crippen LogP contribution in [-0.4, -0.2) is 49.1 Å². The third-order valence-electron chi connectivity index (χ3n) is 2.60. The number of halogens is 1. The van der Waals surface area contributed by atoms with E-state index in [2.05, 4.69) is 9.47 Å². The Hall–Kier alpha value is -0.810. The summed E-state index contributed by atoms with van der Waals surface area (Å²) in [6.45, 7) is 0. The number of likely N-dealkylation sites (tertiary alicyclic amines) is 1. The Kier molecular flexibility index (Phi) is 4.35. The number of hydrogen-bond acceptors (Lipinski definition) is 5. The van der Waals surface area contributed by atoms with E-state index in [1.807, 2.05) is 0 Å². The summed E-state index contributed by atoms with van der Waals surface area (Å²) in [6.07, 6.45) is 1.14. The Morgan fingerprint density at radius 2 is 1.60 bits per heavy atom. The minimum atomic E-state index is -0.434. The molecule has 1 heterocycles. The van der Waals surface area contributed by atoms with Gasteiger partial charge in [-0.2, -0.15) is 0 Å². The molecule has 0 aromatic carbocycles. The maximum absolute atomic E-state index is 11.4. The minimum absolute atomic E-state index is 0.111. The molecule has 86 valence electrons. The number of carbonyl (C=O) groups is 2. The summed E-state index contributed by atoms with van der Waals surface area (Å²) in [6, 6.07) is -0.757. The maximum atomic E-state index is 11.4. The Morgan fingerprint density at radius 3 is 1.87 bits per heavy atom. The monoisotopic (exact) mass is 235 g/mol. The predicted molar refractivity (Wildman–Crippen MR) is 53.4 cm³/mol. The second-order valence-electron chi connectivity index (χ2n) is 3.29. The fourth-order valence-corrected chi connectivity index (χ4v) is 2.14. The molecule has 0 radical (unpaired) electrons. The van der Waals surface area contributed by atoms with Gasteiger partial charge in [-0.15, -0.1) is 11.6 Å². The van der Waals surface area contributed by atoms with Gasteiger partial charge in [0.15, 0.2) is 0 Å². The number of ether oxygens (including phenoxy) is 2. The molecule has 0 N–H and O–H groups in total. The van der Waals surface area contributed by atoms with Crippen molar-refractivity contribution >= 4 is 23.5 Å². The first kappa shape index (κ1) is 12.3. The Bertz CT molecular complexity index is 234. The molecule has 1 rings (SSSR count). The van der Waals surface area contributed by atoms with Crippen molar-refractivity contribution in [2.75, 3.05) is 20.2 Å². The SMILES string of the molecule is COC(=O)[C@H]1CC[C@H](C(=O)OC)N1CCl. The van der Waals surface area contributed by atoms with Crippen molar-refractivity contribution in [2.45, 2.75) is 24.9 Å². The highest BCUT2D eigenvalue weighted by molar-refractivity contribution is 6.17. The van der Waals surface area contributed by atoms with Gasteiger partial charge in [-0.05, 0) is 12.8 Å². The Balaban J connectivity index is 2.73. The third-order valence-corrected chi connectivity index (χ3v) is 2.87. The molecule has 0 aliphatic carbocycles. The van der Waals surface area contributed by atoms with Gasteiger partial charge >= 0.3 is 11.9 Å². The molecule has 0 bridgehead atoms. The largest absolute Gasteiger partial charge is 0.468 e. The van der Waals surface area contributed by atoms with Crippen LogP contribution in [0.5, 0.6) is 0 Å². The van der Waals surface area contributed by atoms with Crippen LogP contribution < -0.4 is 0 Å². The van der Waals surface area contributed by atoms with Gasteiger partial charge in [0.1, 0.15) is 12.1 Å². The van der Waals surface area contributed by atoms with Crippen LogP contribution >= 0.6 is 11.6 Å². The van der Waals surface area contributed by atoms with Gasteiger partial charge < -0.3 is 9.47 Å². The van der Waals surface area contributed by atoms with Gasteiger partial charge in [-0.25, -0.2) is 0 Å². The van der Waals surface area contributed by atoms with Crippen LogP contribution in [0.4, 0.5) is 0 Å². The predicted octanol–water partition coefficient (Wildman–Crippen LogP) is 0.362. The number of nitrogens with zero attached hydrogens (tertiary/aromatic N) is 1. The molecule has 15 heavy (non-hydrogen) atoms. The average Bonchev–Trinajstić information content (AvgIpc) is 2.70. The number of carbonyl (C=O) groups excluding carboxylic acids is 2. The lowest BCUT2D eigenvalue weighted by molar-refractivity contribution is -0.150. The van der Waals surface area contributed by atoms with Crippen molar-refractivity contribution in [1.29, 1.82) is 0 Å². The van der Waals surface area contributed by atoms with E-state index in [-0.39, 0.29) is 17.9 Å². The smallest absolute Gasteiger partial charge is 0.323 e. The number of alkyl halides is 1. The Labute approximate surface area is 93.3 Å². The summed E-state index contributed by atoms with van der Waals surface area (Å²) in [4.78, 5) is 24.3. The maximum Gasteiger partial charge on any atom is 0.323 e. The second-order valence-corrected chi connectivity index (χ2v) is 3.53. The topological polar surface area (TPSA) is 55.8 Å². The zero-order valence-electron chi connectivity index (χ0n) is 8.73. The normalized spacial score (nSPS) is 26.3. The third kappa shape index (κ3) is 2.41. The molecule has 0 amide bonds. The van der Waals surface area contributed by atoms with Crippen LogP contribution in [0.2, 0.25) is 0 Å². The average molecular weight is 236 g/mol. The summed E-state index contributed by atoms with van der Waals surface area (Å²) in [5, 5.41) is 0. The lowest BCUT2D eigenvalue weighted by atomic mass is 10.2. The molecule has 0 unspecified atom stereocenters. The van der Waals surface area contributed by atoms with Gasteiger partial charge in [-0.3, -0.25) is 14.5 Å². The second kappa shape index (κ2) is 5.32. The fraction of sp³-hybridized carbons (Fsp3) is 0.778. The molecule has 6 heteroatoms. The highest BCUT2D eigenvalue weighted by atomic mass is 35.5. The molecular formula is C9H14ClNO4. The van der Waals surface area contributed by atoms with E-state index in [1.54, 1.807) is 4.90 Å². The molecule has 0 aromatic rings. The molecule has 0 saturated carbocycles. The molecule has 1 aliphatic heterocycles. The highest BCUT2D eigenvalue weighted by Gasteiger charge is 2.42. The summed E-state index contributed by atoms with van der Waals surface area (Å²) < 4.78 is 9.27. The van der Waals surface area contributed by atoms with Crippen molar-refractivity contribution < 1.29 is 19.1 Å². The minimum Gasteiger partial charge on any atom is -0.468 e. The molecule has 0 spiro atoms. The van der Waals surface area contributed by atoms with E-state index >= 15 is 0 Å². The number of rotatable bonds is 3. The van der Waals surface area contributed by atoms with Gasteiger partial charge in [0.25, 0.3) is 0 Å². The van der Waals surface area contributed by atoms with Gasteiger partial charge in [0, 0.05) is 0 Å². The van der Waals surface area contributed by atoms with E-state index in [9.17, 15) is 9.59 Å². The van der Waals surface area contributed by atoms with Crippen LogP contribution in [0.25, 0.3) is 0 Å². The molecule has 0 aromatic heterocycles. The molecule has 1 aliphatic rings. The van der Waals surface area contributed by atoms with Crippen molar-refractivity contribution in [3.05, 3.63) is 0 Å². The quantitative estimate of drug-likeness (QED) is 0.402. The van der Waals surface area contributed by atoms with Gasteiger partial charge in [0.2, 0.25) is 0 Å². The Morgan fingerprint density at radius 1 is 1.20 bits per heavy atom. The van der Waals surface area contributed by atoms with Crippen molar-refractivity contribution in [3.8, 4) is 0 Å². The number of hydrogen-bond donors (Lipinski definition) is 0. The number of methoxy groups -OCH3 is 2. The lowest BCUT2D eigenvalue weighted by Gasteiger charge is -2.24. The van der Waals surface area contributed by atoms with Crippen LogP contribution in [0.1, 0.15) is 12.8 Å². The van der Waals surface area contributed by atoms with Crippen molar-refractivity contribution in [1.82, 2.24) is 4.90 Å². The van der Waals surface area contributed by atoms with Crippen LogP contribution in [-0.2, 0) is 19.1 Å². The zero-order valence-corrected chi connectivity index (χ0v) is 9.49. The lowest BCUT2D eigenvalue weighted by Crippen LogP contribution is -2.44. The first-order valence-electron chi connectivity index (χ1n) is 4.63. The molecule has 1 saturated heterocycles. The van der Waals surface area contributed by atoms with Crippen molar-refractivity contribution in [2.24, 2.45) is 0 Å². The fourth-order valence-electron chi connectivity index (χ4n) is 1.81. The molecule has 2 atom stereocenters. The van der Waals surface area contributed by atoms with Crippen LogP contribution in [0.15, 0.2) is 0 Å². The van der Waals surface area contributed by atoms with Crippen LogP contribution in [0.3, 0.4) is 0 Å². The molecule has 1 fully saturated rings. The first-order chi connectivity index (χ1) is 7.15. The zero-order chi connectivity index (χ0) is 11.4. The summed E-state index contributed by atoms with van der Waals surface area (Å²) in [7, 11) is 2.64. The van der Waals surface area contributed by atoms with Gasteiger partial charge in [-0.1, -0.05) is 0 Å². The van der Waals surface area contributed by atoms with E-state index in [0.717, 1.165) is 0 Å². The molecule has 5 nitrogen and oxygen atoms in total. The summed E-state index contributed by atoms with van der Waals surface area (Å²) >= 11 is 5.71.